The zero-order valence-corrected chi connectivity index (χ0v) is 22.4. The topological polar surface area (TPSA) is 283 Å². The van der Waals surface area contributed by atoms with Gasteiger partial charge in [0.25, 0.3) is 0 Å². The molecule has 37 heavy (non-hydrogen) atoms. The highest BCUT2D eigenvalue weighted by Crippen LogP contribution is 2.66. The minimum Gasteiger partial charge on any atom is -0.396 e. The number of likely N-dealkylation sites (N-methyl/N-ethyl adjacent to an activating group) is 1. The molecule has 21 heteroatoms. The lowest BCUT2D eigenvalue weighted by molar-refractivity contribution is -0.0434. The van der Waals surface area contributed by atoms with Crippen molar-refractivity contribution >= 4 is 47.6 Å². The van der Waals surface area contributed by atoms with Crippen LogP contribution in [0.1, 0.15) is 13.8 Å². The van der Waals surface area contributed by atoms with Gasteiger partial charge in [-0.25, -0.2) is 18.7 Å². The zero-order chi connectivity index (χ0) is 28.4. The van der Waals surface area contributed by atoms with Crippen molar-refractivity contribution in [1.82, 2.24) is 9.97 Å². The molecule has 1 saturated heterocycles. The van der Waals surface area contributed by atoms with Crippen molar-refractivity contribution in [1.29, 1.82) is 0 Å². The molecule has 0 bridgehead atoms. The van der Waals surface area contributed by atoms with E-state index >= 15 is 0 Å². The van der Waals surface area contributed by atoms with Crippen LogP contribution in [0.2, 0.25) is 0 Å². The molecular formula is C16H27N6O12P3. The van der Waals surface area contributed by atoms with E-state index in [9.17, 15) is 28.6 Å². The standard InChI is InChI=1S/C16H27N6O12P3/c1-5-6-16(18)10(8-23)12(9(2)32-36(27,28)34-37(29,30)33-35(24,25)26)31-14(16)22(4)13-11(19-3)7-20-15(17)21-13/h7,9-10,12,14,23H,3,8,18H2,1-2,4H3,(H,27,28)(H,29,30)(H2,17,20,21)(H2,24,25,26)/t9-,10?,12+,14+,16?/m0/s1. The molecule has 1 aliphatic rings. The number of ether oxygens (including phenoxy) is 1. The summed E-state index contributed by atoms with van der Waals surface area (Å²) in [6, 6.07) is 0. The van der Waals surface area contributed by atoms with Gasteiger partial charge in [0.1, 0.15) is 11.2 Å². The van der Waals surface area contributed by atoms with E-state index in [1.807, 2.05) is 0 Å². The number of hydrogen-bond acceptors (Lipinski definition) is 14. The number of aromatic nitrogens is 2. The molecule has 7 atom stereocenters. The van der Waals surface area contributed by atoms with Crippen molar-refractivity contribution in [3.8, 4) is 11.8 Å². The summed E-state index contributed by atoms with van der Waals surface area (Å²) in [5, 5.41) is 10.1. The molecule has 0 amide bonds. The van der Waals surface area contributed by atoms with Gasteiger partial charge in [-0.05, 0) is 20.6 Å². The maximum Gasteiger partial charge on any atom is 0.490 e. The van der Waals surface area contributed by atoms with Gasteiger partial charge in [0.05, 0.1) is 25.0 Å². The van der Waals surface area contributed by atoms with E-state index in [2.05, 4.69) is 42.1 Å². The number of nitrogens with two attached hydrogens (primary N) is 2. The van der Waals surface area contributed by atoms with Gasteiger partial charge in [-0.3, -0.25) is 9.52 Å². The van der Waals surface area contributed by atoms with E-state index in [0.29, 0.717) is 0 Å². The molecule has 9 N–H and O–H groups in total. The molecule has 1 fully saturated rings. The first kappa shape index (κ1) is 31.4. The number of aliphatic imine (C=N–C) groups is 1. The summed E-state index contributed by atoms with van der Waals surface area (Å²) in [6.45, 7) is 5.43. The van der Waals surface area contributed by atoms with E-state index in [1.165, 1.54) is 32.0 Å². The van der Waals surface area contributed by atoms with Crippen molar-refractivity contribution in [2.75, 3.05) is 24.3 Å². The average molecular weight is 588 g/mol. The summed E-state index contributed by atoms with van der Waals surface area (Å²) in [6.07, 6.45) is -2.70. The quantitative estimate of drug-likeness (QED) is 0.0984. The van der Waals surface area contributed by atoms with Crippen LogP contribution in [0.5, 0.6) is 0 Å². The first-order chi connectivity index (χ1) is 16.9. The lowest BCUT2D eigenvalue weighted by Crippen LogP contribution is -2.59. The predicted octanol–water partition coefficient (Wildman–Crippen LogP) is -0.387. The number of rotatable bonds is 11. The van der Waals surface area contributed by atoms with Gasteiger partial charge in [0.15, 0.2) is 12.0 Å². The lowest BCUT2D eigenvalue weighted by Gasteiger charge is -2.35. The number of anilines is 2. The summed E-state index contributed by atoms with van der Waals surface area (Å²) in [7, 11) is -15.4. The molecule has 1 aliphatic heterocycles. The number of aliphatic hydroxyl groups is 1. The molecule has 2 rings (SSSR count). The van der Waals surface area contributed by atoms with E-state index < -0.39 is 60.0 Å². The van der Waals surface area contributed by atoms with Gasteiger partial charge < -0.3 is 45.8 Å². The summed E-state index contributed by atoms with van der Waals surface area (Å²) in [4.78, 5) is 49.8. The second kappa shape index (κ2) is 11.5. The number of nitrogen functional groups attached to an aromatic ring is 1. The predicted molar refractivity (Wildman–Crippen MR) is 128 cm³/mol. The van der Waals surface area contributed by atoms with Crippen LogP contribution in [0, 0.1) is 17.8 Å². The van der Waals surface area contributed by atoms with Gasteiger partial charge in [-0.15, -0.1) is 5.92 Å². The Bertz CT molecular complexity index is 1220. The maximum absolute atomic E-state index is 12.3. The van der Waals surface area contributed by atoms with Crippen LogP contribution >= 0.6 is 23.5 Å². The number of nitrogens with zero attached hydrogens (tertiary/aromatic N) is 4. The molecule has 0 radical (unpaired) electrons. The highest BCUT2D eigenvalue weighted by atomic mass is 31.3. The van der Waals surface area contributed by atoms with Gasteiger partial charge in [-0.2, -0.15) is 13.6 Å². The van der Waals surface area contributed by atoms with Crippen LogP contribution in [0.3, 0.4) is 0 Å². The molecule has 18 nitrogen and oxygen atoms in total. The Balaban J connectivity index is 2.40. The summed E-state index contributed by atoms with van der Waals surface area (Å²) in [5.74, 6) is 4.31. The summed E-state index contributed by atoms with van der Waals surface area (Å²) in [5.41, 5.74) is 10.8. The van der Waals surface area contributed by atoms with E-state index in [0.717, 1.165) is 0 Å². The Labute approximate surface area is 211 Å². The highest BCUT2D eigenvalue weighted by molar-refractivity contribution is 7.66. The average Bonchev–Trinajstić information content (AvgIpc) is 3.02. The summed E-state index contributed by atoms with van der Waals surface area (Å²) >= 11 is 0. The van der Waals surface area contributed by atoms with Crippen molar-refractivity contribution in [2.24, 2.45) is 16.6 Å². The molecule has 208 valence electrons. The third kappa shape index (κ3) is 7.62. The molecule has 1 aromatic rings. The van der Waals surface area contributed by atoms with E-state index in [4.69, 9.17) is 30.5 Å². The van der Waals surface area contributed by atoms with Crippen LogP contribution < -0.4 is 16.4 Å². The first-order valence-electron chi connectivity index (χ1n) is 10.0. The SMILES string of the molecule is C=Nc1cnc(N)nc1N(C)[C@@H]1O[C@H]([C@H](C)OP(=O)(O)OP(=O)(O)OP(=O)(O)O)C(CO)C1(N)C#CC. The van der Waals surface area contributed by atoms with Crippen LogP contribution in [0.25, 0.3) is 0 Å². The van der Waals surface area contributed by atoms with Gasteiger partial charge in [-0.1, -0.05) is 5.92 Å². The Hall–Kier alpha value is -1.80. The van der Waals surface area contributed by atoms with E-state index in [1.54, 1.807) is 0 Å². The molecule has 0 aliphatic carbocycles. The van der Waals surface area contributed by atoms with E-state index in [-0.39, 0.29) is 17.5 Å². The van der Waals surface area contributed by atoms with Crippen molar-refractivity contribution < 1.29 is 56.3 Å². The fraction of sp³-hybridized carbons (Fsp3) is 0.562. The number of phosphoric acid groups is 3. The molecule has 0 spiro atoms. The smallest absolute Gasteiger partial charge is 0.396 e. The molecule has 4 unspecified atom stereocenters. The molecular weight excluding hydrogens is 561 g/mol. The van der Waals surface area contributed by atoms with Gasteiger partial charge in [0.2, 0.25) is 5.95 Å². The number of hydrogen-bond donors (Lipinski definition) is 7. The van der Waals surface area contributed by atoms with Gasteiger partial charge >= 0.3 is 23.5 Å². The Morgan fingerprint density at radius 3 is 2.43 bits per heavy atom. The Morgan fingerprint density at radius 2 is 1.92 bits per heavy atom. The Morgan fingerprint density at radius 1 is 1.30 bits per heavy atom. The zero-order valence-electron chi connectivity index (χ0n) is 19.7. The van der Waals surface area contributed by atoms with Gasteiger partial charge in [0, 0.05) is 13.0 Å². The fourth-order valence-corrected chi connectivity index (χ4v) is 6.92. The van der Waals surface area contributed by atoms with Crippen LogP contribution in [-0.2, 0) is 31.6 Å². The second-order valence-electron chi connectivity index (χ2n) is 7.66. The highest BCUT2D eigenvalue weighted by Gasteiger charge is 2.58. The second-order valence-corrected chi connectivity index (χ2v) is 12.0. The van der Waals surface area contributed by atoms with Crippen LogP contribution in [0.15, 0.2) is 11.2 Å². The molecule has 0 aromatic carbocycles. The third-order valence-electron chi connectivity index (χ3n) is 5.05. The van der Waals surface area contributed by atoms with Crippen LogP contribution in [0.4, 0.5) is 17.5 Å². The minimum atomic E-state index is -5.75. The summed E-state index contributed by atoms with van der Waals surface area (Å²) < 4.78 is 53.1. The Kier molecular flexibility index (Phi) is 9.78. The maximum atomic E-state index is 12.3. The first-order valence-corrected chi connectivity index (χ1v) is 14.5. The normalized spacial score (nSPS) is 27.9. The van der Waals surface area contributed by atoms with Crippen molar-refractivity contribution in [3.63, 3.8) is 0 Å². The van der Waals surface area contributed by atoms with Crippen LogP contribution in [-0.4, -0.2) is 79.0 Å². The largest absolute Gasteiger partial charge is 0.490 e. The molecule has 2 heterocycles. The third-order valence-corrected chi connectivity index (χ3v) is 8.97. The molecule has 0 saturated carbocycles. The number of phosphoric ester groups is 1. The lowest BCUT2D eigenvalue weighted by atomic mass is 9.81. The van der Waals surface area contributed by atoms with Crippen molar-refractivity contribution in [2.45, 2.75) is 37.8 Å². The fourth-order valence-electron chi connectivity index (χ4n) is 3.72. The number of aliphatic hydroxyl groups excluding tert-OH is 1. The monoisotopic (exact) mass is 588 g/mol. The minimum absolute atomic E-state index is 0.118. The van der Waals surface area contributed by atoms with Crippen molar-refractivity contribution in [3.05, 3.63) is 6.20 Å². The molecule has 1 aromatic heterocycles.